The molecule has 138 valence electrons. The molecule has 2 aromatic rings. The molecule has 0 saturated heterocycles. The average Bonchev–Trinajstić information content (AvgIpc) is 2.98. The molecule has 12 heteroatoms. The third kappa shape index (κ3) is 4.55. The highest BCUT2D eigenvalue weighted by atomic mass is 19.4. The number of alkyl halides is 3. The van der Waals surface area contributed by atoms with Crippen molar-refractivity contribution in [2.45, 2.75) is 13.1 Å². The lowest BCUT2D eigenvalue weighted by atomic mass is 10.1. The van der Waals surface area contributed by atoms with E-state index in [0.29, 0.717) is 11.8 Å². The number of halogens is 3. The van der Waals surface area contributed by atoms with Crippen LogP contribution in [0.25, 0.3) is 0 Å². The van der Waals surface area contributed by atoms with Gasteiger partial charge in [-0.15, -0.1) is 0 Å². The predicted molar refractivity (Wildman–Crippen MR) is 78.3 cm³/mol. The zero-order chi connectivity index (χ0) is 19.5. The molecule has 0 radical (unpaired) electrons. The first-order valence-electron chi connectivity index (χ1n) is 6.84. The highest BCUT2D eigenvalue weighted by molar-refractivity contribution is 5.95. The Balaban J connectivity index is 2.08. The van der Waals surface area contributed by atoms with Crippen LogP contribution in [0.3, 0.4) is 0 Å². The van der Waals surface area contributed by atoms with Crippen molar-refractivity contribution in [3.05, 3.63) is 51.4 Å². The molecule has 0 aliphatic carbocycles. The molecule has 0 fully saturated rings. The van der Waals surface area contributed by atoms with E-state index < -0.39 is 46.5 Å². The highest BCUT2D eigenvalue weighted by Crippen LogP contribution is 2.37. The summed E-state index contributed by atoms with van der Waals surface area (Å²) in [4.78, 5) is 32.9. The van der Waals surface area contributed by atoms with E-state index in [4.69, 9.17) is 0 Å². The Hall–Kier alpha value is -3.44. The Bertz CT molecular complexity index is 862. The summed E-state index contributed by atoms with van der Waals surface area (Å²) in [5.41, 5.74) is -2.51. The van der Waals surface area contributed by atoms with Gasteiger partial charge in [-0.3, -0.25) is 14.9 Å². The first-order valence-corrected chi connectivity index (χ1v) is 6.84. The first-order chi connectivity index (χ1) is 12.1. The molecular formula is C14H10F3N3O6. The fourth-order valence-electron chi connectivity index (χ4n) is 1.84. The quantitative estimate of drug-likeness (QED) is 0.485. The van der Waals surface area contributed by atoms with Gasteiger partial charge in [-0.2, -0.15) is 13.2 Å². The fourth-order valence-corrected chi connectivity index (χ4v) is 1.84. The zero-order valence-corrected chi connectivity index (χ0v) is 13.0. The molecule has 1 N–H and O–H groups in total. The maximum Gasteiger partial charge on any atom is 0.418 e. The number of amides is 1. The molecule has 0 spiro atoms. The molecule has 1 amide bonds. The average molecular weight is 373 g/mol. The van der Waals surface area contributed by atoms with E-state index in [1.54, 1.807) is 6.92 Å². The third-order valence-corrected chi connectivity index (χ3v) is 2.96. The monoisotopic (exact) mass is 373 g/mol. The van der Waals surface area contributed by atoms with Gasteiger partial charge in [0.25, 0.3) is 11.6 Å². The number of carbonyl (C=O) groups is 2. The lowest BCUT2D eigenvalue weighted by Gasteiger charge is -2.13. The molecule has 9 nitrogen and oxygen atoms in total. The number of benzene rings is 1. The molecule has 0 aliphatic heterocycles. The number of nitrogens with zero attached hydrogens (tertiary/aromatic N) is 2. The standard InChI is InChI=1S/C14H10F3N3O6/c1-7-4-11(26-19-7)13(22)25-6-12(21)18-10-3-2-8(20(23)24)5-9(10)14(15,16)17/h2-5H,6H2,1H3,(H,18,21). The molecule has 1 heterocycles. The van der Waals surface area contributed by atoms with E-state index in [9.17, 15) is 32.9 Å². The van der Waals surface area contributed by atoms with Crippen LogP contribution in [0.1, 0.15) is 21.8 Å². The van der Waals surface area contributed by atoms with Crippen LogP contribution in [0.15, 0.2) is 28.8 Å². The van der Waals surface area contributed by atoms with Crippen LogP contribution < -0.4 is 5.32 Å². The van der Waals surface area contributed by atoms with Gasteiger partial charge in [-0.1, -0.05) is 5.16 Å². The summed E-state index contributed by atoms with van der Waals surface area (Å²) in [6.07, 6.45) is -4.94. The van der Waals surface area contributed by atoms with Gasteiger partial charge in [0.15, 0.2) is 6.61 Å². The number of nitro groups is 1. The van der Waals surface area contributed by atoms with E-state index in [-0.39, 0.29) is 5.76 Å². The van der Waals surface area contributed by atoms with E-state index in [0.717, 1.165) is 12.1 Å². The third-order valence-electron chi connectivity index (χ3n) is 2.96. The summed E-state index contributed by atoms with van der Waals surface area (Å²) >= 11 is 0. The summed E-state index contributed by atoms with van der Waals surface area (Å²) < 4.78 is 48.2. The van der Waals surface area contributed by atoms with Crippen LogP contribution in [0.2, 0.25) is 0 Å². The minimum absolute atomic E-state index is 0.276. The van der Waals surface area contributed by atoms with E-state index in [2.05, 4.69) is 14.4 Å². The van der Waals surface area contributed by atoms with Crippen LogP contribution in [0.4, 0.5) is 24.5 Å². The normalized spacial score (nSPS) is 11.1. The number of rotatable bonds is 5. The predicted octanol–water partition coefficient (Wildman–Crippen LogP) is 2.71. The summed E-state index contributed by atoms with van der Waals surface area (Å²) in [6.45, 7) is 0.646. The van der Waals surface area contributed by atoms with E-state index in [1.165, 1.54) is 6.07 Å². The van der Waals surface area contributed by atoms with Crippen molar-refractivity contribution in [3.63, 3.8) is 0 Å². The van der Waals surface area contributed by atoms with Crippen LogP contribution >= 0.6 is 0 Å². The summed E-state index contributed by atoms with van der Waals surface area (Å²) in [7, 11) is 0. The topological polar surface area (TPSA) is 125 Å². The first kappa shape index (κ1) is 18.9. The van der Waals surface area contributed by atoms with Gasteiger partial charge >= 0.3 is 12.1 Å². The molecule has 0 saturated carbocycles. The number of esters is 1. The highest BCUT2D eigenvalue weighted by Gasteiger charge is 2.35. The van der Waals surface area contributed by atoms with Gasteiger partial charge in [0.1, 0.15) is 0 Å². The molecule has 0 atom stereocenters. The minimum Gasteiger partial charge on any atom is -0.450 e. The molecule has 1 aromatic heterocycles. The zero-order valence-electron chi connectivity index (χ0n) is 13.0. The maximum absolute atomic E-state index is 13.0. The molecule has 0 bridgehead atoms. The van der Waals surface area contributed by atoms with Gasteiger partial charge in [0, 0.05) is 18.2 Å². The van der Waals surface area contributed by atoms with Crippen LogP contribution in [-0.2, 0) is 15.7 Å². The Morgan fingerprint density at radius 3 is 2.58 bits per heavy atom. The van der Waals surface area contributed by atoms with Crippen molar-refractivity contribution >= 4 is 23.3 Å². The molecule has 0 aliphatic rings. The second-order valence-corrected chi connectivity index (χ2v) is 4.94. The van der Waals surface area contributed by atoms with Crippen LogP contribution in [-0.4, -0.2) is 28.6 Å². The number of nitro benzene ring substituents is 1. The summed E-state index contributed by atoms with van der Waals surface area (Å²) in [5, 5.41) is 15.9. The Morgan fingerprint density at radius 2 is 2.04 bits per heavy atom. The van der Waals surface area contributed by atoms with Gasteiger partial charge in [0.2, 0.25) is 5.76 Å². The number of hydrogen-bond donors (Lipinski definition) is 1. The smallest absolute Gasteiger partial charge is 0.418 e. The lowest BCUT2D eigenvalue weighted by molar-refractivity contribution is -0.385. The Labute approximate surface area is 142 Å². The van der Waals surface area contributed by atoms with Crippen molar-refractivity contribution in [2.75, 3.05) is 11.9 Å². The van der Waals surface area contributed by atoms with Crippen molar-refractivity contribution < 1.29 is 36.9 Å². The van der Waals surface area contributed by atoms with Crippen LogP contribution in [0.5, 0.6) is 0 Å². The number of hydrogen-bond acceptors (Lipinski definition) is 7. The van der Waals surface area contributed by atoms with Crippen molar-refractivity contribution in [1.29, 1.82) is 0 Å². The van der Waals surface area contributed by atoms with Crippen molar-refractivity contribution in [1.82, 2.24) is 5.16 Å². The molecule has 0 unspecified atom stereocenters. The van der Waals surface area contributed by atoms with Gasteiger partial charge < -0.3 is 14.6 Å². The second kappa shape index (κ2) is 7.21. The van der Waals surface area contributed by atoms with Gasteiger partial charge in [-0.05, 0) is 13.0 Å². The number of aromatic nitrogens is 1. The van der Waals surface area contributed by atoms with E-state index in [1.807, 2.05) is 5.32 Å². The SMILES string of the molecule is Cc1cc(C(=O)OCC(=O)Nc2ccc([N+](=O)[O-])cc2C(F)(F)F)on1. The van der Waals surface area contributed by atoms with E-state index >= 15 is 0 Å². The maximum atomic E-state index is 13.0. The Morgan fingerprint density at radius 1 is 1.35 bits per heavy atom. The lowest BCUT2D eigenvalue weighted by Crippen LogP contribution is -2.22. The van der Waals surface area contributed by atoms with Crippen molar-refractivity contribution in [3.8, 4) is 0 Å². The summed E-state index contributed by atoms with van der Waals surface area (Å²) in [5.74, 6) is -2.38. The molecule has 26 heavy (non-hydrogen) atoms. The molecular weight excluding hydrogens is 363 g/mol. The molecule has 1 aromatic carbocycles. The van der Waals surface area contributed by atoms with Crippen molar-refractivity contribution in [2.24, 2.45) is 0 Å². The van der Waals surface area contributed by atoms with Gasteiger partial charge in [-0.25, -0.2) is 4.79 Å². The number of ether oxygens (including phenoxy) is 1. The minimum atomic E-state index is -4.94. The number of non-ortho nitro benzene ring substituents is 1. The Kier molecular flexibility index (Phi) is 5.24. The fraction of sp³-hybridized carbons (Fsp3) is 0.214. The second-order valence-electron chi connectivity index (χ2n) is 4.94. The number of anilines is 1. The number of aryl methyl sites for hydroxylation is 1. The largest absolute Gasteiger partial charge is 0.450 e. The van der Waals surface area contributed by atoms with Crippen LogP contribution in [0, 0.1) is 17.0 Å². The van der Waals surface area contributed by atoms with Gasteiger partial charge in [0.05, 0.1) is 21.9 Å². The molecule has 2 rings (SSSR count). The number of carbonyl (C=O) groups excluding carboxylic acids is 2. The summed E-state index contributed by atoms with van der Waals surface area (Å²) in [6, 6.07) is 3.08. The number of nitrogens with one attached hydrogen (secondary N) is 1.